The van der Waals surface area contributed by atoms with E-state index in [2.05, 4.69) is 5.32 Å². The molecule has 2 aromatic rings. The van der Waals surface area contributed by atoms with E-state index in [0.29, 0.717) is 16.9 Å². The van der Waals surface area contributed by atoms with E-state index in [1.54, 1.807) is 77.9 Å². The Bertz CT molecular complexity index is 1010. The Balaban J connectivity index is 2.32. The molecule has 2 rings (SSSR count). The molecule has 0 aliphatic heterocycles. The Morgan fingerprint density at radius 1 is 0.970 bits per heavy atom. The maximum atomic E-state index is 12.7. The molecule has 0 fully saturated rings. The molecule has 9 heteroatoms. The molecule has 0 aliphatic carbocycles. The van der Waals surface area contributed by atoms with Crippen molar-refractivity contribution in [2.45, 2.75) is 66.2 Å². The fourth-order valence-corrected chi connectivity index (χ4v) is 2.83. The Kier molecular flexibility index (Phi) is 7.68. The summed E-state index contributed by atoms with van der Waals surface area (Å²) in [4.78, 5) is 37.3. The van der Waals surface area contributed by atoms with Gasteiger partial charge in [-0.3, -0.25) is 10.1 Å². The van der Waals surface area contributed by atoms with E-state index in [4.69, 9.17) is 9.47 Å². The number of imide groups is 1. The molecule has 2 amide bonds. The molecule has 0 saturated heterocycles. The zero-order valence-electron chi connectivity index (χ0n) is 20.1. The molecule has 0 heterocycles. The van der Waals surface area contributed by atoms with Crippen molar-refractivity contribution in [2.75, 3.05) is 5.32 Å². The number of aryl methyl sites for hydroxylation is 1. The van der Waals surface area contributed by atoms with Gasteiger partial charge in [0.1, 0.15) is 16.9 Å². The molecule has 0 aliphatic rings. The summed E-state index contributed by atoms with van der Waals surface area (Å²) in [6.45, 7) is 12.0. The number of rotatable bonds is 5. The maximum absolute atomic E-state index is 12.7. The van der Waals surface area contributed by atoms with Crippen LogP contribution in [0.2, 0.25) is 0 Å². The molecule has 0 aromatic heterocycles. The number of benzene rings is 2. The second-order valence-corrected chi connectivity index (χ2v) is 9.65. The van der Waals surface area contributed by atoms with Gasteiger partial charge in [0.05, 0.1) is 11.5 Å². The van der Waals surface area contributed by atoms with Crippen molar-refractivity contribution in [1.29, 1.82) is 0 Å². The van der Waals surface area contributed by atoms with E-state index in [1.165, 1.54) is 6.07 Å². The highest BCUT2D eigenvalue weighted by Crippen LogP contribution is 2.29. The van der Waals surface area contributed by atoms with Crippen LogP contribution in [0, 0.1) is 17.0 Å². The lowest BCUT2D eigenvalue weighted by Crippen LogP contribution is -2.43. The topological polar surface area (TPSA) is 111 Å². The van der Waals surface area contributed by atoms with Crippen molar-refractivity contribution in [3.05, 3.63) is 63.7 Å². The summed E-state index contributed by atoms with van der Waals surface area (Å²) >= 11 is 0. The second-order valence-electron chi connectivity index (χ2n) is 9.65. The molecule has 1 N–H and O–H groups in total. The van der Waals surface area contributed by atoms with Crippen LogP contribution in [0.3, 0.4) is 0 Å². The van der Waals surface area contributed by atoms with E-state index in [9.17, 15) is 19.7 Å². The highest BCUT2D eigenvalue weighted by Gasteiger charge is 2.31. The number of anilines is 2. The summed E-state index contributed by atoms with van der Waals surface area (Å²) in [6.07, 6.45) is -1.66. The third kappa shape index (κ3) is 8.10. The van der Waals surface area contributed by atoms with Crippen LogP contribution in [0.5, 0.6) is 0 Å². The average Bonchev–Trinajstić information content (AvgIpc) is 2.63. The monoisotopic (exact) mass is 457 g/mol. The molecule has 33 heavy (non-hydrogen) atoms. The maximum Gasteiger partial charge on any atom is 0.420 e. The first-order valence-electron chi connectivity index (χ1n) is 10.5. The van der Waals surface area contributed by atoms with Crippen LogP contribution >= 0.6 is 0 Å². The minimum absolute atomic E-state index is 0.0601. The zero-order chi connectivity index (χ0) is 25.0. The predicted molar refractivity (Wildman–Crippen MR) is 126 cm³/mol. The summed E-state index contributed by atoms with van der Waals surface area (Å²) in [7, 11) is 0. The standard InChI is InChI=1S/C24H31N3O6/c1-16-11-12-20(27(30)31)19(13-16)25-18-10-8-9-17(14-18)15-26(21(28)32-23(2,3)4)22(29)33-24(5,6)7/h8-14,25H,15H2,1-7H3. The largest absolute Gasteiger partial charge is 0.443 e. The van der Waals surface area contributed by atoms with Crippen molar-refractivity contribution in [3.8, 4) is 0 Å². The summed E-state index contributed by atoms with van der Waals surface area (Å²) in [6, 6.07) is 11.7. The van der Waals surface area contributed by atoms with Crippen LogP contribution in [-0.4, -0.2) is 33.2 Å². The lowest BCUT2D eigenvalue weighted by molar-refractivity contribution is -0.383. The zero-order valence-corrected chi connectivity index (χ0v) is 20.1. The van der Waals surface area contributed by atoms with E-state index >= 15 is 0 Å². The summed E-state index contributed by atoms with van der Waals surface area (Å²) < 4.78 is 10.8. The van der Waals surface area contributed by atoms with Crippen LogP contribution in [0.1, 0.15) is 52.7 Å². The van der Waals surface area contributed by atoms with Crippen molar-refractivity contribution in [2.24, 2.45) is 0 Å². The minimum Gasteiger partial charge on any atom is -0.443 e. The summed E-state index contributed by atoms with van der Waals surface area (Å²) in [5.74, 6) is 0. The van der Waals surface area contributed by atoms with Crippen molar-refractivity contribution >= 4 is 29.2 Å². The number of amides is 2. The third-order valence-corrected chi connectivity index (χ3v) is 4.12. The van der Waals surface area contributed by atoms with Crippen molar-refractivity contribution < 1.29 is 24.0 Å². The molecule has 0 bridgehead atoms. The van der Waals surface area contributed by atoms with Gasteiger partial charge in [0.25, 0.3) is 5.69 Å². The quantitative estimate of drug-likeness (QED) is 0.413. The number of nitro groups is 1. The fraction of sp³-hybridized carbons (Fsp3) is 0.417. The van der Waals surface area contributed by atoms with Crippen LogP contribution in [0.4, 0.5) is 26.7 Å². The number of carbonyl (C=O) groups is 2. The third-order valence-electron chi connectivity index (χ3n) is 4.12. The first kappa shape index (κ1) is 25.6. The van der Waals surface area contributed by atoms with E-state index < -0.39 is 28.3 Å². The van der Waals surface area contributed by atoms with E-state index in [0.717, 1.165) is 10.5 Å². The Morgan fingerprint density at radius 3 is 2.06 bits per heavy atom. The van der Waals surface area contributed by atoms with Gasteiger partial charge < -0.3 is 14.8 Å². The SMILES string of the molecule is Cc1ccc([N+](=O)[O-])c(Nc2cccc(CN(C(=O)OC(C)(C)C)C(=O)OC(C)(C)C)c2)c1. The number of hydrogen-bond acceptors (Lipinski definition) is 7. The van der Waals surface area contributed by atoms with Crippen LogP contribution in [-0.2, 0) is 16.0 Å². The van der Waals surface area contributed by atoms with Crippen molar-refractivity contribution in [3.63, 3.8) is 0 Å². The van der Waals surface area contributed by atoms with Gasteiger partial charge in [-0.25, -0.2) is 14.5 Å². The molecule has 9 nitrogen and oxygen atoms in total. The average molecular weight is 458 g/mol. The molecule has 0 saturated carbocycles. The Hall–Kier alpha value is -3.62. The molecule has 0 atom stereocenters. The lowest BCUT2D eigenvalue weighted by Gasteiger charge is -2.28. The smallest absolute Gasteiger partial charge is 0.420 e. The number of nitrogens with one attached hydrogen (secondary N) is 1. The molecule has 178 valence electrons. The van der Waals surface area contributed by atoms with Gasteiger partial charge in [-0.05, 0) is 77.8 Å². The molecule has 2 aromatic carbocycles. The molecular formula is C24H31N3O6. The number of nitro benzene ring substituents is 1. The van der Waals surface area contributed by atoms with Gasteiger partial charge in [0.15, 0.2) is 0 Å². The number of nitrogens with zero attached hydrogens (tertiary/aromatic N) is 2. The highest BCUT2D eigenvalue weighted by atomic mass is 16.6. The number of hydrogen-bond donors (Lipinski definition) is 1. The van der Waals surface area contributed by atoms with Gasteiger partial charge >= 0.3 is 12.2 Å². The Labute approximate surface area is 193 Å². The lowest BCUT2D eigenvalue weighted by atomic mass is 10.1. The Morgan fingerprint density at radius 2 is 1.55 bits per heavy atom. The molecule has 0 radical (unpaired) electrons. The first-order chi connectivity index (χ1) is 15.1. The molecule has 0 unspecified atom stereocenters. The van der Waals surface area contributed by atoms with Gasteiger partial charge in [-0.15, -0.1) is 0 Å². The van der Waals surface area contributed by atoms with Crippen LogP contribution < -0.4 is 5.32 Å². The normalized spacial score (nSPS) is 11.5. The predicted octanol–water partition coefficient (Wildman–Crippen LogP) is 6.32. The minimum atomic E-state index is -0.829. The van der Waals surface area contributed by atoms with Gasteiger partial charge in [0.2, 0.25) is 0 Å². The van der Waals surface area contributed by atoms with Gasteiger partial charge in [-0.1, -0.05) is 18.2 Å². The van der Waals surface area contributed by atoms with Crippen molar-refractivity contribution in [1.82, 2.24) is 4.90 Å². The van der Waals surface area contributed by atoms with Gasteiger partial charge in [0, 0.05) is 11.8 Å². The summed E-state index contributed by atoms with van der Waals surface area (Å²) in [5.41, 5.74) is 0.709. The van der Waals surface area contributed by atoms with Gasteiger partial charge in [-0.2, -0.15) is 0 Å². The van der Waals surface area contributed by atoms with E-state index in [-0.39, 0.29) is 12.2 Å². The molecule has 0 spiro atoms. The van der Waals surface area contributed by atoms with Crippen LogP contribution in [0.25, 0.3) is 0 Å². The second kappa shape index (κ2) is 9.89. The first-order valence-corrected chi connectivity index (χ1v) is 10.5. The number of carbonyl (C=O) groups excluding carboxylic acids is 2. The van der Waals surface area contributed by atoms with E-state index in [1.807, 2.05) is 6.92 Å². The van der Waals surface area contributed by atoms with Crippen LogP contribution in [0.15, 0.2) is 42.5 Å². The summed E-state index contributed by atoms with van der Waals surface area (Å²) in [5, 5.41) is 14.4. The fourth-order valence-electron chi connectivity index (χ4n) is 2.83. The molecular weight excluding hydrogens is 426 g/mol. The number of ether oxygens (including phenoxy) is 2. The highest BCUT2D eigenvalue weighted by molar-refractivity contribution is 5.88.